The second-order valence-corrected chi connectivity index (χ2v) is 8.56. The van der Waals surface area contributed by atoms with Gasteiger partial charge in [-0.15, -0.1) is 0 Å². The molecule has 3 heterocycles. The summed E-state index contributed by atoms with van der Waals surface area (Å²) in [6.45, 7) is 7.28. The molecule has 0 unspecified atom stereocenters. The van der Waals surface area contributed by atoms with Crippen LogP contribution in [0.25, 0.3) is 5.69 Å². The number of nitrogens with zero attached hydrogens (tertiary/aromatic N) is 4. The van der Waals surface area contributed by atoms with E-state index < -0.39 is 0 Å². The average molecular weight is 417 g/mol. The average Bonchev–Trinajstić information content (AvgIpc) is 3.15. The van der Waals surface area contributed by atoms with Crippen LogP contribution in [0, 0.1) is 13.8 Å². The maximum Gasteiger partial charge on any atom is 0.253 e. The van der Waals surface area contributed by atoms with Crippen LogP contribution >= 0.6 is 0 Å². The molecule has 162 valence electrons. The minimum atomic E-state index is 0.111. The molecule has 5 heteroatoms. The normalized spacial score (nSPS) is 15.2. The summed E-state index contributed by atoms with van der Waals surface area (Å²) in [5.74, 6) is 0.111. The van der Waals surface area contributed by atoms with Gasteiger partial charge in [0.15, 0.2) is 0 Å². The molecule has 1 aliphatic rings. The molecule has 4 rings (SSSR count). The Kier molecular flexibility index (Phi) is 6.52. The summed E-state index contributed by atoms with van der Waals surface area (Å²) in [6, 6.07) is 18.6. The first-order valence-electron chi connectivity index (χ1n) is 11.2. The fraction of sp³-hybridized carbons (Fsp3) is 0.385. The predicted octanol–water partition coefficient (Wildman–Crippen LogP) is 4.27. The number of pyridine rings is 1. The van der Waals surface area contributed by atoms with Gasteiger partial charge in [0, 0.05) is 73.7 Å². The van der Waals surface area contributed by atoms with E-state index in [-0.39, 0.29) is 5.91 Å². The van der Waals surface area contributed by atoms with Crippen LogP contribution in [-0.4, -0.2) is 58.0 Å². The lowest BCUT2D eigenvalue weighted by Gasteiger charge is -2.36. The smallest absolute Gasteiger partial charge is 0.253 e. The number of benzene rings is 1. The minimum Gasteiger partial charge on any atom is -0.339 e. The summed E-state index contributed by atoms with van der Waals surface area (Å²) in [7, 11) is 1.95. The van der Waals surface area contributed by atoms with Crippen molar-refractivity contribution in [1.82, 2.24) is 19.4 Å². The molecule has 1 amide bonds. The maximum absolute atomic E-state index is 13.1. The number of aromatic nitrogens is 2. The Bertz CT molecular complexity index is 982. The molecule has 0 radical (unpaired) electrons. The third kappa shape index (κ3) is 4.88. The molecular weight excluding hydrogens is 384 g/mol. The Morgan fingerprint density at radius 2 is 1.68 bits per heavy atom. The van der Waals surface area contributed by atoms with Crippen molar-refractivity contribution in [1.29, 1.82) is 0 Å². The van der Waals surface area contributed by atoms with Gasteiger partial charge in [-0.1, -0.05) is 6.07 Å². The number of carbonyl (C=O) groups excluding carboxylic acids is 1. The second kappa shape index (κ2) is 9.48. The van der Waals surface area contributed by atoms with Crippen molar-refractivity contribution >= 4 is 5.91 Å². The number of amides is 1. The van der Waals surface area contributed by atoms with Gasteiger partial charge in [-0.3, -0.25) is 9.78 Å². The molecular formula is C26H32N4O. The zero-order valence-electron chi connectivity index (χ0n) is 18.8. The fourth-order valence-corrected chi connectivity index (χ4v) is 4.55. The largest absolute Gasteiger partial charge is 0.339 e. The number of rotatable bonds is 6. The van der Waals surface area contributed by atoms with Crippen LogP contribution in [0.5, 0.6) is 0 Å². The number of carbonyl (C=O) groups is 1. The molecule has 31 heavy (non-hydrogen) atoms. The van der Waals surface area contributed by atoms with Crippen molar-refractivity contribution in [2.45, 2.75) is 39.2 Å². The van der Waals surface area contributed by atoms with E-state index >= 15 is 0 Å². The summed E-state index contributed by atoms with van der Waals surface area (Å²) in [5.41, 5.74) is 5.39. The molecule has 0 aliphatic carbocycles. The van der Waals surface area contributed by atoms with Crippen LogP contribution < -0.4 is 0 Å². The summed E-state index contributed by atoms with van der Waals surface area (Å²) >= 11 is 0. The van der Waals surface area contributed by atoms with Gasteiger partial charge in [-0.2, -0.15) is 0 Å². The van der Waals surface area contributed by atoms with Crippen LogP contribution in [-0.2, 0) is 6.42 Å². The van der Waals surface area contributed by atoms with Crippen LogP contribution in [0.15, 0.2) is 60.8 Å². The highest BCUT2D eigenvalue weighted by Crippen LogP contribution is 2.20. The number of aryl methyl sites for hydroxylation is 2. The van der Waals surface area contributed by atoms with Gasteiger partial charge in [-0.05, 0) is 75.2 Å². The highest BCUT2D eigenvalue weighted by molar-refractivity contribution is 5.94. The monoisotopic (exact) mass is 416 g/mol. The van der Waals surface area contributed by atoms with Crippen LogP contribution in [0.2, 0.25) is 0 Å². The molecule has 1 aliphatic heterocycles. The maximum atomic E-state index is 13.1. The molecule has 5 nitrogen and oxygen atoms in total. The Labute approximate surface area is 185 Å². The van der Waals surface area contributed by atoms with E-state index in [0.29, 0.717) is 6.04 Å². The van der Waals surface area contributed by atoms with E-state index in [2.05, 4.69) is 46.5 Å². The third-order valence-electron chi connectivity index (χ3n) is 6.48. The number of piperidine rings is 1. The summed E-state index contributed by atoms with van der Waals surface area (Å²) in [4.78, 5) is 21.9. The van der Waals surface area contributed by atoms with E-state index in [1.54, 1.807) is 0 Å². The van der Waals surface area contributed by atoms with E-state index in [1.165, 1.54) is 11.4 Å². The summed E-state index contributed by atoms with van der Waals surface area (Å²) < 4.78 is 2.21. The van der Waals surface area contributed by atoms with Gasteiger partial charge in [-0.25, -0.2) is 0 Å². The standard InChI is InChI=1S/C26H32N4O/c1-20-7-8-21(2)30(20)25-11-9-22(10-12-25)26(31)28(3)24-14-18-29(19-15-24)17-13-23-6-4-5-16-27-23/h4-12,16,24H,13-15,17-19H2,1-3H3. The predicted molar refractivity (Wildman–Crippen MR) is 125 cm³/mol. The molecule has 0 bridgehead atoms. The van der Waals surface area contributed by atoms with Crippen molar-refractivity contribution in [2.75, 3.05) is 26.7 Å². The van der Waals surface area contributed by atoms with Gasteiger partial charge in [0.25, 0.3) is 5.91 Å². The Morgan fingerprint density at radius 1 is 1.00 bits per heavy atom. The number of likely N-dealkylation sites (tertiary alicyclic amines) is 1. The van der Waals surface area contributed by atoms with E-state index in [0.717, 1.165) is 55.8 Å². The van der Waals surface area contributed by atoms with Gasteiger partial charge in [0.2, 0.25) is 0 Å². The van der Waals surface area contributed by atoms with Crippen LogP contribution in [0.1, 0.15) is 40.3 Å². The fourth-order valence-electron chi connectivity index (χ4n) is 4.55. The SMILES string of the molecule is Cc1ccc(C)n1-c1ccc(C(=O)N(C)C2CCN(CCc3ccccn3)CC2)cc1. The van der Waals surface area contributed by atoms with Crippen LogP contribution in [0.4, 0.5) is 0 Å². The molecule has 0 saturated carbocycles. The number of hydrogen-bond acceptors (Lipinski definition) is 3. The van der Waals surface area contributed by atoms with Crippen molar-refractivity contribution in [3.63, 3.8) is 0 Å². The third-order valence-corrected chi connectivity index (χ3v) is 6.48. The highest BCUT2D eigenvalue weighted by atomic mass is 16.2. The molecule has 3 aromatic rings. The zero-order chi connectivity index (χ0) is 21.8. The van der Waals surface area contributed by atoms with Gasteiger partial charge >= 0.3 is 0 Å². The van der Waals surface area contributed by atoms with Crippen molar-refractivity contribution in [3.8, 4) is 5.69 Å². The van der Waals surface area contributed by atoms with E-state index in [4.69, 9.17) is 0 Å². The topological polar surface area (TPSA) is 41.4 Å². The first-order valence-corrected chi connectivity index (χ1v) is 11.2. The van der Waals surface area contributed by atoms with E-state index in [1.807, 2.05) is 54.5 Å². The lowest BCUT2D eigenvalue weighted by Crippen LogP contribution is -2.46. The zero-order valence-corrected chi connectivity index (χ0v) is 18.8. The van der Waals surface area contributed by atoms with Gasteiger partial charge < -0.3 is 14.4 Å². The lowest BCUT2D eigenvalue weighted by molar-refractivity contribution is 0.0643. The molecule has 0 spiro atoms. The molecule has 0 N–H and O–H groups in total. The van der Waals surface area contributed by atoms with Crippen molar-refractivity contribution in [2.24, 2.45) is 0 Å². The Morgan fingerprint density at radius 3 is 2.29 bits per heavy atom. The first kappa shape index (κ1) is 21.3. The molecule has 0 atom stereocenters. The molecule has 1 saturated heterocycles. The first-order chi connectivity index (χ1) is 15.0. The van der Waals surface area contributed by atoms with Crippen LogP contribution in [0.3, 0.4) is 0 Å². The van der Waals surface area contributed by atoms with Crippen molar-refractivity contribution < 1.29 is 4.79 Å². The van der Waals surface area contributed by atoms with Gasteiger partial charge in [0.1, 0.15) is 0 Å². The minimum absolute atomic E-state index is 0.111. The molecule has 1 fully saturated rings. The Balaban J connectivity index is 1.31. The summed E-state index contributed by atoms with van der Waals surface area (Å²) in [5, 5.41) is 0. The quantitative estimate of drug-likeness (QED) is 0.603. The lowest BCUT2D eigenvalue weighted by atomic mass is 10.0. The van der Waals surface area contributed by atoms with Gasteiger partial charge in [0.05, 0.1) is 0 Å². The van der Waals surface area contributed by atoms with Crippen molar-refractivity contribution in [3.05, 3.63) is 83.4 Å². The Hall–Kier alpha value is -2.92. The summed E-state index contributed by atoms with van der Waals surface area (Å²) in [6.07, 6.45) is 4.87. The number of hydrogen-bond donors (Lipinski definition) is 0. The van der Waals surface area contributed by atoms with E-state index in [9.17, 15) is 4.79 Å². The second-order valence-electron chi connectivity index (χ2n) is 8.56. The molecule has 1 aromatic carbocycles. The highest BCUT2D eigenvalue weighted by Gasteiger charge is 2.26. The molecule has 2 aromatic heterocycles.